The predicted octanol–water partition coefficient (Wildman–Crippen LogP) is 3.71. The van der Waals surface area contributed by atoms with Crippen molar-refractivity contribution < 1.29 is 29.0 Å². The largest absolute Gasteiger partial charge is 0.480 e. The van der Waals surface area contributed by atoms with Crippen molar-refractivity contribution in [3.63, 3.8) is 0 Å². The molecule has 2 rings (SSSR count). The van der Waals surface area contributed by atoms with Gasteiger partial charge < -0.3 is 25.4 Å². The lowest BCUT2D eigenvalue weighted by Gasteiger charge is -2.42. The number of likely N-dealkylation sites (tertiary alicyclic amines) is 1. The van der Waals surface area contributed by atoms with E-state index in [0.717, 1.165) is 5.56 Å². The summed E-state index contributed by atoms with van der Waals surface area (Å²) in [5.41, 5.74) is -0.762. The van der Waals surface area contributed by atoms with Crippen molar-refractivity contribution in [2.45, 2.75) is 90.8 Å². The molecule has 1 aromatic rings. The van der Waals surface area contributed by atoms with Crippen LogP contribution in [0, 0.1) is 11.8 Å². The van der Waals surface area contributed by atoms with Crippen LogP contribution in [0.3, 0.4) is 0 Å². The third kappa shape index (κ3) is 7.69. The molecule has 1 aliphatic rings. The standard InChI is InChI=1S/C28H43N3O6/c1-8-19(4)22(24(33)34)29-23(32)21(18(2)3)30-25(35)28(20-12-10-9-11-13-20)14-16-31(17-15-28)26(36)37-27(5,6)7/h9-13,18-19,21-22H,8,14-17H2,1-7H3,(H,29,32)(H,30,35)(H,33,34). The molecule has 3 N–H and O–H groups in total. The average molecular weight is 518 g/mol. The van der Waals surface area contributed by atoms with Crippen LogP contribution in [0.2, 0.25) is 0 Å². The van der Waals surface area contributed by atoms with Gasteiger partial charge in [-0.1, -0.05) is 64.4 Å². The second-order valence-corrected chi connectivity index (χ2v) is 11.3. The van der Waals surface area contributed by atoms with Crippen LogP contribution in [0.25, 0.3) is 0 Å². The Labute approximate surface area is 220 Å². The third-order valence-corrected chi connectivity index (χ3v) is 7.04. The van der Waals surface area contributed by atoms with E-state index >= 15 is 0 Å². The normalized spacial score (nSPS) is 17.9. The topological polar surface area (TPSA) is 125 Å². The van der Waals surface area contributed by atoms with Crippen LogP contribution in [0.15, 0.2) is 30.3 Å². The minimum absolute atomic E-state index is 0.266. The lowest BCUT2D eigenvalue weighted by atomic mass is 9.71. The number of rotatable bonds is 9. The monoisotopic (exact) mass is 517 g/mol. The number of benzene rings is 1. The molecule has 0 saturated carbocycles. The van der Waals surface area contributed by atoms with Gasteiger partial charge in [-0.15, -0.1) is 0 Å². The first kappa shape index (κ1) is 30.1. The van der Waals surface area contributed by atoms with Gasteiger partial charge in [-0.05, 0) is 51.0 Å². The molecule has 3 amide bonds. The maximum absolute atomic E-state index is 13.9. The Balaban J connectivity index is 2.28. The van der Waals surface area contributed by atoms with E-state index in [1.165, 1.54) is 0 Å². The molecular formula is C28H43N3O6. The maximum Gasteiger partial charge on any atom is 0.410 e. The first-order chi connectivity index (χ1) is 17.2. The van der Waals surface area contributed by atoms with E-state index < -0.39 is 41.1 Å². The molecule has 3 atom stereocenters. The molecule has 0 radical (unpaired) electrons. The highest BCUT2D eigenvalue weighted by Crippen LogP contribution is 2.36. The number of hydrogen-bond donors (Lipinski definition) is 3. The van der Waals surface area contributed by atoms with E-state index in [1.54, 1.807) is 11.8 Å². The van der Waals surface area contributed by atoms with E-state index in [0.29, 0.717) is 32.4 Å². The maximum atomic E-state index is 13.9. The Morgan fingerprint density at radius 3 is 2.03 bits per heavy atom. The first-order valence-corrected chi connectivity index (χ1v) is 13.1. The van der Waals surface area contributed by atoms with Crippen LogP contribution in [-0.4, -0.2) is 64.7 Å². The molecule has 9 nitrogen and oxygen atoms in total. The lowest BCUT2D eigenvalue weighted by Crippen LogP contribution is -2.60. The predicted molar refractivity (Wildman–Crippen MR) is 141 cm³/mol. The molecule has 9 heteroatoms. The highest BCUT2D eigenvalue weighted by molar-refractivity contribution is 5.94. The summed E-state index contributed by atoms with van der Waals surface area (Å²) in [6.45, 7) is 13.3. The van der Waals surface area contributed by atoms with Crippen molar-refractivity contribution in [3.05, 3.63) is 35.9 Å². The van der Waals surface area contributed by atoms with Gasteiger partial charge in [-0.2, -0.15) is 0 Å². The van der Waals surface area contributed by atoms with Crippen LogP contribution >= 0.6 is 0 Å². The van der Waals surface area contributed by atoms with Gasteiger partial charge in [0.1, 0.15) is 17.7 Å². The molecule has 0 aliphatic carbocycles. The Morgan fingerprint density at radius 1 is 1.00 bits per heavy atom. The summed E-state index contributed by atoms with van der Waals surface area (Å²) in [4.78, 5) is 53.1. The Bertz CT molecular complexity index is 948. The van der Waals surface area contributed by atoms with Gasteiger partial charge >= 0.3 is 12.1 Å². The highest BCUT2D eigenvalue weighted by atomic mass is 16.6. The lowest BCUT2D eigenvalue weighted by molar-refractivity contribution is -0.144. The molecule has 0 spiro atoms. The SMILES string of the molecule is CCC(C)C(NC(=O)C(NC(=O)C1(c2ccccc2)CCN(C(=O)OC(C)(C)C)CC1)C(C)C)C(=O)O. The quantitative estimate of drug-likeness (QED) is 0.459. The molecule has 206 valence electrons. The van der Waals surface area contributed by atoms with Crippen LogP contribution in [-0.2, 0) is 24.5 Å². The van der Waals surface area contributed by atoms with Crippen molar-refractivity contribution in [2.75, 3.05) is 13.1 Å². The molecule has 0 aromatic heterocycles. The van der Waals surface area contributed by atoms with E-state index in [2.05, 4.69) is 10.6 Å². The zero-order chi connectivity index (χ0) is 28.0. The summed E-state index contributed by atoms with van der Waals surface area (Å²) < 4.78 is 5.51. The average Bonchev–Trinajstić information content (AvgIpc) is 2.84. The van der Waals surface area contributed by atoms with Gasteiger partial charge in [0, 0.05) is 13.1 Å². The number of carbonyl (C=O) groups is 4. The van der Waals surface area contributed by atoms with Crippen molar-refractivity contribution >= 4 is 23.9 Å². The van der Waals surface area contributed by atoms with Crippen LogP contribution < -0.4 is 10.6 Å². The molecule has 1 fully saturated rings. The minimum Gasteiger partial charge on any atom is -0.480 e. The van der Waals surface area contributed by atoms with E-state index in [9.17, 15) is 24.3 Å². The van der Waals surface area contributed by atoms with Gasteiger partial charge in [0.25, 0.3) is 0 Å². The number of carboxylic acids is 1. The van der Waals surface area contributed by atoms with Crippen molar-refractivity contribution in [1.82, 2.24) is 15.5 Å². The van der Waals surface area contributed by atoms with Crippen molar-refractivity contribution in [3.8, 4) is 0 Å². The van der Waals surface area contributed by atoms with Gasteiger partial charge in [-0.25, -0.2) is 9.59 Å². The van der Waals surface area contributed by atoms with E-state index in [-0.39, 0.29) is 17.7 Å². The summed E-state index contributed by atoms with van der Waals surface area (Å²) in [5, 5.41) is 15.2. The molecule has 37 heavy (non-hydrogen) atoms. The molecule has 3 unspecified atom stereocenters. The second kappa shape index (κ2) is 12.4. The summed E-state index contributed by atoms with van der Waals surface area (Å²) in [6.07, 6.45) is 0.887. The summed E-state index contributed by atoms with van der Waals surface area (Å²) in [5.74, 6) is -2.48. The number of aliphatic carboxylic acids is 1. The van der Waals surface area contributed by atoms with Gasteiger partial charge in [0.2, 0.25) is 11.8 Å². The fourth-order valence-electron chi connectivity index (χ4n) is 4.54. The zero-order valence-corrected chi connectivity index (χ0v) is 23.2. The number of amides is 3. The first-order valence-electron chi connectivity index (χ1n) is 13.1. The van der Waals surface area contributed by atoms with Gasteiger partial charge in [0.15, 0.2) is 0 Å². The van der Waals surface area contributed by atoms with Gasteiger partial charge in [-0.3, -0.25) is 9.59 Å². The number of carboxylic acid groups (broad SMARTS) is 1. The number of carbonyl (C=O) groups excluding carboxylic acids is 3. The van der Waals surface area contributed by atoms with Gasteiger partial charge in [0.05, 0.1) is 5.41 Å². The summed E-state index contributed by atoms with van der Waals surface area (Å²) in [6, 6.07) is 7.41. The fourth-order valence-corrected chi connectivity index (χ4v) is 4.54. The van der Waals surface area contributed by atoms with Crippen LogP contribution in [0.5, 0.6) is 0 Å². The summed E-state index contributed by atoms with van der Waals surface area (Å²) >= 11 is 0. The smallest absolute Gasteiger partial charge is 0.410 e. The number of hydrogen-bond acceptors (Lipinski definition) is 5. The molecule has 1 aromatic carbocycles. The number of nitrogens with zero attached hydrogens (tertiary/aromatic N) is 1. The molecule has 1 saturated heterocycles. The van der Waals surface area contributed by atoms with Crippen molar-refractivity contribution in [2.24, 2.45) is 11.8 Å². The zero-order valence-electron chi connectivity index (χ0n) is 23.2. The Morgan fingerprint density at radius 2 is 1.57 bits per heavy atom. The van der Waals surface area contributed by atoms with Crippen LogP contribution in [0.4, 0.5) is 4.79 Å². The number of nitrogens with one attached hydrogen (secondary N) is 2. The third-order valence-electron chi connectivity index (χ3n) is 7.04. The number of piperidine rings is 1. The Kier molecular flexibility index (Phi) is 10.1. The molecule has 0 bridgehead atoms. The van der Waals surface area contributed by atoms with E-state index in [1.807, 2.05) is 71.9 Å². The van der Waals surface area contributed by atoms with Crippen LogP contribution in [0.1, 0.15) is 73.3 Å². The summed E-state index contributed by atoms with van der Waals surface area (Å²) in [7, 11) is 0. The Hall–Kier alpha value is -3.10. The highest BCUT2D eigenvalue weighted by Gasteiger charge is 2.46. The second-order valence-electron chi connectivity index (χ2n) is 11.3. The molecule has 1 heterocycles. The van der Waals surface area contributed by atoms with E-state index in [4.69, 9.17) is 4.74 Å². The van der Waals surface area contributed by atoms with Crippen molar-refractivity contribution in [1.29, 1.82) is 0 Å². The molecule has 1 aliphatic heterocycles. The fraction of sp³-hybridized carbons (Fsp3) is 0.643. The number of ether oxygens (including phenoxy) is 1. The minimum atomic E-state index is -1.10. The molecular weight excluding hydrogens is 474 g/mol.